The average molecular weight is 252 g/mol. The van der Waals surface area contributed by atoms with E-state index in [2.05, 4.69) is 13.0 Å². The fraction of sp³-hybridized carbons (Fsp3) is 0.571. The highest BCUT2D eigenvalue weighted by atomic mass is 16.5. The number of ether oxygens (including phenoxy) is 1. The Balaban J connectivity index is 2.94. The molecule has 0 spiro atoms. The predicted octanol–water partition coefficient (Wildman–Crippen LogP) is 1.46. The van der Waals surface area contributed by atoms with Gasteiger partial charge in [0.05, 0.1) is 18.9 Å². The lowest BCUT2D eigenvalue weighted by atomic mass is 10.1. The second kappa shape index (κ2) is 6.61. The zero-order chi connectivity index (χ0) is 13.7. The van der Waals surface area contributed by atoms with E-state index in [-0.39, 0.29) is 0 Å². The first-order valence-electron chi connectivity index (χ1n) is 6.24. The van der Waals surface area contributed by atoms with Crippen molar-refractivity contribution in [2.75, 3.05) is 32.1 Å². The molecule has 0 aromatic heterocycles. The number of rotatable bonds is 6. The summed E-state index contributed by atoms with van der Waals surface area (Å²) in [6.07, 6.45) is 0.197. The van der Waals surface area contributed by atoms with Crippen molar-refractivity contribution in [1.29, 1.82) is 0 Å². The Morgan fingerprint density at radius 2 is 2.06 bits per heavy atom. The van der Waals surface area contributed by atoms with E-state index in [0.717, 1.165) is 17.0 Å². The zero-order valence-electron chi connectivity index (χ0n) is 11.7. The molecule has 1 aromatic carbocycles. The molecular formula is C14H24N2O2. The number of aliphatic hydroxyl groups excluding tert-OH is 1. The number of nitrogens with two attached hydrogens (primary N) is 1. The average Bonchev–Trinajstić information content (AvgIpc) is 2.27. The Labute approximate surface area is 109 Å². The summed E-state index contributed by atoms with van der Waals surface area (Å²) in [5, 5.41) is 9.83. The largest absolute Gasteiger partial charge is 0.495 e. The number of likely N-dealkylation sites (N-methyl/N-ethyl adjacent to an activating group) is 1. The van der Waals surface area contributed by atoms with Crippen LogP contribution >= 0.6 is 0 Å². The van der Waals surface area contributed by atoms with Crippen molar-refractivity contribution in [2.24, 2.45) is 5.73 Å². The van der Waals surface area contributed by atoms with Crippen LogP contribution in [0.5, 0.6) is 5.75 Å². The van der Waals surface area contributed by atoms with Crippen molar-refractivity contribution < 1.29 is 9.84 Å². The first-order chi connectivity index (χ1) is 8.49. The molecule has 18 heavy (non-hydrogen) atoms. The quantitative estimate of drug-likeness (QED) is 0.804. The van der Waals surface area contributed by atoms with Gasteiger partial charge in [0.2, 0.25) is 0 Å². The van der Waals surface area contributed by atoms with Crippen LogP contribution in [0, 0.1) is 13.8 Å². The Morgan fingerprint density at radius 3 is 2.61 bits per heavy atom. The van der Waals surface area contributed by atoms with Gasteiger partial charge >= 0.3 is 0 Å². The van der Waals surface area contributed by atoms with Gasteiger partial charge in [-0.2, -0.15) is 0 Å². The maximum Gasteiger partial charge on any atom is 0.142 e. The Kier molecular flexibility index (Phi) is 5.44. The van der Waals surface area contributed by atoms with Crippen LogP contribution in [-0.4, -0.2) is 38.5 Å². The fourth-order valence-corrected chi connectivity index (χ4v) is 2.26. The minimum atomic E-state index is -0.412. The monoisotopic (exact) mass is 252 g/mol. The first-order valence-corrected chi connectivity index (χ1v) is 6.24. The van der Waals surface area contributed by atoms with Crippen molar-refractivity contribution in [3.8, 4) is 5.75 Å². The second-order valence-electron chi connectivity index (χ2n) is 4.74. The summed E-state index contributed by atoms with van der Waals surface area (Å²) in [4.78, 5) is 2.02. The second-order valence-corrected chi connectivity index (χ2v) is 4.74. The maximum atomic E-state index is 9.83. The third kappa shape index (κ3) is 3.62. The van der Waals surface area contributed by atoms with Crippen LogP contribution in [0.1, 0.15) is 17.5 Å². The number of benzene rings is 1. The van der Waals surface area contributed by atoms with E-state index in [1.54, 1.807) is 7.11 Å². The van der Waals surface area contributed by atoms with Crippen LogP contribution in [0.15, 0.2) is 12.1 Å². The van der Waals surface area contributed by atoms with Crippen LogP contribution in [0.4, 0.5) is 5.69 Å². The number of aliphatic hydroxyl groups is 1. The summed E-state index contributed by atoms with van der Waals surface area (Å²) in [5.74, 6) is 0.843. The predicted molar refractivity (Wildman–Crippen MR) is 75.4 cm³/mol. The Morgan fingerprint density at radius 1 is 1.39 bits per heavy atom. The summed E-state index contributed by atoms with van der Waals surface area (Å²) in [7, 11) is 3.63. The number of nitrogens with zero attached hydrogens (tertiary/aromatic N) is 1. The molecule has 1 aromatic rings. The molecular weight excluding hydrogens is 228 g/mol. The van der Waals surface area contributed by atoms with Gasteiger partial charge in [0, 0.05) is 13.6 Å². The molecule has 1 unspecified atom stereocenters. The molecule has 0 heterocycles. The van der Waals surface area contributed by atoms with Gasteiger partial charge in [-0.1, -0.05) is 6.07 Å². The lowest BCUT2D eigenvalue weighted by Gasteiger charge is -2.26. The lowest BCUT2D eigenvalue weighted by Crippen LogP contribution is -2.31. The SMILES string of the molecule is COc1cc(C)cc(C)c1N(C)CC(O)CCN. The molecule has 0 saturated heterocycles. The molecule has 3 N–H and O–H groups in total. The molecule has 0 aliphatic heterocycles. The molecule has 0 amide bonds. The van der Waals surface area contributed by atoms with Crippen LogP contribution in [0.2, 0.25) is 0 Å². The van der Waals surface area contributed by atoms with E-state index < -0.39 is 6.10 Å². The van der Waals surface area contributed by atoms with E-state index in [0.29, 0.717) is 19.5 Å². The van der Waals surface area contributed by atoms with E-state index in [4.69, 9.17) is 10.5 Å². The molecule has 0 aliphatic rings. The highest BCUT2D eigenvalue weighted by Gasteiger charge is 2.15. The fourth-order valence-electron chi connectivity index (χ4n) is 2.26. The normalized spacial score (nSPS) is 12.3. The van der Waals surface area contributed by atoms with Crippen LogP contribution < -0.4 is 15.4 Å². The standard InChI is InChI=1S/C14H24N2O2/c1-10-7-11(2)14(13(8-10)18-4)16(3)9-12(17)5-6-15/h7-8,12,17H,5-6,9,15H2,1-4H3. The maximum absolute atomic E-state index is 9.83. The summed E-state index contributed by atoms with van der Waals surface area (Å²) >= 11 is 0. The van der Waals surface area contributed by atoms with E-state index in [1.165, 1.54) is 5.56 Å². The van der Waals surface area contributed by atoms with Gasteiger partial charge in [0.15, 0.2) is 0 Å². The highest BCUT2D eigenvalue weighted by molar-refractivity contribution is 5.64. The number of anilines is 1. The van der Waals surface area contributed by atoms with Gasteiger partial charge < -0.3 is 20.5 Å². The number of hydrogen-bond acceptors (Lipinski definition) is 4. The zero-order valence-corrected chi connectivity index (χ0v) is 11.7. The van der Waals surface area contributed by atoms with Gasteiger partial charge in [-0.25, -0.2) is 0 Å². The molecule has 0 saturated carbocycles. The number of methoxy groups -OCH3 is 1. The summed E-state index contributed by atoms with van der Waals surface area (Å²) in [6, 6.07) is 4.12. The first kappa shape index (κ1) is 14.8. The van der Waals surface area contributed by atoms with Crippen LogP contribution in [0.3, 0.4) is 0 Å². The van der Waals surface area contributed by atoms with Crippen molar-refractivity contribution in [3.05, 3.63) is 23.3 Å². The third-order valence-electron chi connectivity index (χ3n) is 3.00. The summed E-state index contributed by atoms with van der Waals surface area (Å²) in [6.45, 7) is 5.15. The minimum Gasteiger partial charge on any atom is -0.495 e. The number of hydrogen-bond donors (Lipinski definition) is 2. The topological polar surface area (TPSA) is 58.7 Å². The van der Waals surface area contributed by atoms with Gasteiger partial charge in [-0.3, -0.25) is 0 Å². The van der Waals surface area contributed by atoms with Gasteiger partial charge in [0.1, 0.15) is 5.75 Å². The number of aryl methyl sites for hydroxylation is 2. The molecule has 0 aliphatic carbocycles. The molecule has 4 nitrogen and oxygen atoms in total. The van der Waals surface area contributed by atoms with Crippen molar-refractivity contribution in [2.45, 2.75) is 26.4 Å². The van der Waals surface area contributed by atoms with Gasteiger partial charge in [-0.05, 0) is 44.0 Å². The summed E-state index contributed by atoms with van der Waals surface area (Å²) < 4.78 is 5.42. The van der Waals surface area contributed by atoms with Crippen molar-refractivity contribution >= 4 is 5.69 Å². The minimum absolute atomic E-state index is 0.412. The highest BCUT2D eigenvalue weighted by Crippen LogP contribution is 2.32. The smallest absolute Gasteiger partial charge is 0.142 e. The molecule has 1 rings (SSSR count). The van der Waals surface area contributed by atoms with Crippen LogP contribution in [-0.2, 0) is 0 Å². The van der Waals surface area contributed by atoms with E-state index in [9.17, 15) is 5.11 Å². The van der Waals surface area contributed by atoms with Crippen molar-refractivity contribution in [3.63, 3.8) is 0 Å². The van der Waals surface area contributed by atoms with Crippen molar-refractivity contribution in [1.82, 2.24) is 0 Å². The Bertz CT molecular complexity index is 394. The Hall–Kier alpha value is -1.26. The van der Waals surface area contributed by atoms with Gasteiger partial charge in [-0.15, -0.1) is 0 Å². The summed E-state index contributed by atoms with van der Waals surface area (Å²) in [5.41, 5.74) is 8.79. The molecule has 1 atom stereocenters. The van der Waals surface area contributed by atoms with Gasteiger partial charge in [0.25, 0.3) is 0 Å². The van der Waals surface area contributed by atoms with E-state index >= 15 is 0 Å². The molecule has 4 heteroatoms. The third-order valence-corrected chi connectivity index (χ3v) is 3.00. The molecule has 0 bridgehead atoms. The van der Waals surface area contributed by atoms with E-state index in [1.807, 2.05) is 24.9 Å². The lowest BCUT2D eigenvalue weighted by molar-refractivity contribution is 0.174. The molecule has 0 radical (unpaired) electrons. The molecule has 102 valence electrons. The molecule has 0 fully saturated rings. The van der Waals surface area contributed by atoms with Crippen LogP contribution in [0.25, 0.3) is 0 Å².